The second-order valence-corrected chi connectivity index (χ2v) is 4.05. The van der Waals surface area contributed by atoms with E-state index in [1.54, 1.807) is 11.3 Å². The van der Waals surface area contributed by atoms with Crippen molar-refractivity contribution in [1.82, 2.24) is 5.32 Å². The standard InChI is InChI=1S/C9H15NOS/c1-9(11,5-6-10-2)8-4-3-7-12-8/h3-4,7,10-11H,5-6H2,1-2H3. The number of hydrogen-bond donors (Lipinski definition) is 2. The summed E-state index contributed by atoms with van der Waals surface area (Å²) in [6.07, 6.45) is 0.754. The van der Waals surface area contributed by atoms with Gasteiger partial charge in [0.05, 0.1) is 5.60 Å². The molecule has 2 N–H and O–H groups in total. The van der Waals surface area contributed by atoms with Crippen LogP contribution >= 0.6 is 11.3 Å². The predicted molar refractivity (Wildman–Crippen MR) is 52.4 cm³/mol. The van der Waals surface area contributed by atoms with Crippen molar-refractivity contribution in [2.75, 3.05) is 13.6 Å². The van der Waals surface area contributed by atoms with E-state index in [0.29, 0.717) is 0 Å². The van der Waals surface area contributed by atoms with Gasteiger partial charge in [0.15, 0.2) is 0 Å². The van der Waals surface area contributed by atoms with Crippen LogP contribution in [0.5, 0.6) is 0 Å². The lowest BCUT2D eigenvalue weighted by atomic mass is 10.0. The lowest BCUT2D eigenvalue weighted by Gasteiger charge is -2.21. The highest BCUT2D eigenvalue weighted by molar-refractivity contribution is 7.10. The third-order valence-electron chi connectivity index (χ3n) is 1.91. The molecule has 0 radical (unpaired) electrons. The highest BCUT2D eigenvalue weighted by atomic mass is 32.1. The number of rotatable bonds is 4. The number of thiophene rings is 1. The maximum Gasteiger partial charge on any atom is 0.0971 e. The van der Waals surface area contributed by atoms with Gasteiger partial charge in [-0.1, -0.05) is 6.07 Å². The largest absolute Gasteiger partial charge is 0.385 e. The van der Waals surface area contributed by atoms with Gasteiger partial charge >= 0.3 is 0 Å². The Morgan fingerprint density at radius 1 is 1.67 bits per heavy atom. The van der Waals surface area contributed by atoms with Crippen molar-refractivity contribution < 1.29 is 5.11 Å². The Labute approximate surface area is 77.2 Å². The zero-order chi connectivity index (χ0) is 9.03. The highest BCUT2D eigenvalue weighted by Gasteiger charge is 2.22. The molecule has 0 aromatic carbocycles. The van der Waals surface area contributed by atoms with Crippen molar-refractivity contribution >= 4 is 11.3 Å². The maximum absolute atomic E-state index is 9.98. The van der Waals surface area contributed by atoms with Gasteiger partial charge < -0.3 is 10.4 Å². The summed E-state index contributed by atoms with van der Waals surface area (Å²) in [4.78, 5) is 1.04. The molecule has 3 heteroatoms. The first kappa shape index (κ1) is 9.71. The quantitative estimate of drug-likeness (QED) is 0.746. The second-order valence-electron chi connectivity index (χ2n) is 3.10. The molecule has 1 aromatic heterocycles. The molecule has 0 amide bonds. The third kappa shape index (κ3) is 2.30. The highest BCUT2D eigenvalue weighted by Crippen LogP contribution is 2.27. The Morgan fingerprint density at radius 2 is 2.42 bits per heavy atom. The van der Waals surface area contributed by atoms with Crippen molar-refractivity contribution in [3.63, 3.8) is 0 Å². The van der Waals surface area contributed by atoms with E-state index in [1.807, 2.05) is 31.5 Å². The molecule has 0 spiro atoms. The van der Waals surface area contributed by atoms with Crippen molar-refractivity contribution in [3.05, 3.63) is 22.4 Å². The Balaban J connectivity index is 2.59. The van der Waals surface area contributed by atoms with E-state index in [-0.39, 0.29) is 0 Å². The summed E-state index contributed by atoms with van der Waals surface area (Å²) < 4.78 is 0. The van der Waals surface area contributed by atoms with Crippen LogP contribution < -0.4 is 5.32 Å². The summed E-state index contributed by atoms with van der Waals surface area (Å²) in [6.45, 7) is 2.70. The van der Waals surface area contributed by atoms with Gasteiger partial charge in [0, 0.05) is 4.88 Å². The first-order valence-electron chi connectivity index (χ1n) is 4.08. The predicted octanol–water partition coefficient (Wildman–Crippen LogP) is 1.57. The molecule has 1 aromatic rings. The molecule has 0 aliphatic rings. The van der Waals surface area contributed by atoms with Gasteiger partial charge in [-0.25, -0.2) is 0 Å². The molecular weight excluding hydrogens is 170 g/mol. The minimum Gasteiger partial charge on any atom is -0.385 e. The average molecular weight is 185 g/mol. The lowest BCUT2D eigenvalue weighted by Crippen LogP contribution is -2.25. The van der Waals surface area contributed by atoms with Gasteiger partial charge in [0.1, 0.15) is 0 Å². The zero-order valence-electron chi connectivity index (χ0n) is 7.50. The van der Waals surface area contributed by atoms with E-state index in [2.05, 4.69) is 5.32 Å². The summed E-state index contributed by atoms with van der Waals surface area (Å²) in [5, 5.41) is 15.0. The maximum atomic E-state index is 9.98. The van der Waals surface area contributed by atoms with Crippen LogP contribution in [0.4, 0.5) is 0 Å². The zero-order valence-corrected chi connectivity index (χ0v) is 8.32. The molecule has 1 unspecified atom stereocenters. The first-order chi connectivity index (χ1) is 5.67. The summed E-state index contributed by atoms with van der Waals surface area (Å²) in [6, 6.07) is 3.94. The van der Waals surface area contributed by atoms with Gasteiger partial charge in [0.2, 0.25) is 0 Å². The second kappa shape index (κ2) is 4.03. The van der Waals surface area contributed by atoms with Crippen LogP contribution in [-0.4, -0.2) is 18.7 Å². The fourth-order valence-corrected chi connectivity index (χ4v) is 1.89. The van der Waals surface area contributed by atoms with Crippen LogP contribution in [0.25, 0.3) is 0 Å². The monoisotopic (exact) mass is 185 g/mol. The smallest absolute Gasteiger partial charge is 0.0971 e. The van der Waals surface area contributed by atoms with E-state index in [0.717, 1.165) is 17.8 Å². The lowest BCUT2D eigenvalue weighted by molar-refractivity contribution is 0.0523. The topological polar surface area (TPSA) is 32.3 Å². The average Bonchev–Trinajstić information content (AvgIpc) is 2.53. The minimum absolute atomic E-state index is 0.669. The molecule has 1 atom stereocenters. The molecule has 68 valence electrons. The van der Waals surface area contributed by atoms with Crippen molar-refractivity contribution in [1.29, 1.82) is 0 Å². The fraction of sp³-hybridized carbons (Fsp3) is 0.556. The van der Waals surface area contributed by atoms with Gasteiger partial charge in [-0.3, -0.25) is 0 Å². The van der Waals surface area contributed by atoms with Crippen molar-refractivity contribution in [2.45, 2.75) is 18.9 Å². The molecule has 0 saturated heterocycles. The van der Waals surface area contributed by atoms with E-state index >= 15 is 0 Å². The third-order valence-corrected chi connectivity index (χ3v) is 3.04. The minimum atomic E-state index is -0.669. The number of aliphatic hydroxyl groups is 1. The number of nitrogens with one attached hydrogen (secondary N) is 1. The molecule has 1 rings (SSSR count). The van der Waals surface area contributed by atoms with E-state index in [1.165, 1.54) is 0 Å². The molecule has 1 heterocycles. The SMILES string of the molecule is CNCCC(C)(O)c1cccs1. The molecular formula is C9H15NOS. The van der Waals surface area contributed by atoms with Gasteiger partial charge in [-0.2, -0.15) is 0 Å². The molecule has 0 saturated carbocycles. The first-order valence-corrected chi connectivity index (χ1v) is 4.96. The molecule has 12 heavy (non-hydrogen) atoms. The van der Waals surface area contributed by atoms with Gasteiger partial charge in [-0.15, -0.1) is 11.3 Å². The van der Waals surface area contributed by atoms with Gasteiger partial charge in [0.25, 0.3) is 0 Å². The van der Waals surface area contributed by atoms with Crippen molar-refractivity contribution in [3.8, 4) is 0 Å². The van der Waals surface area contributed by atoms with Crippen LogP contribution in [0, 0.1) is 0 Å². The summed E-state index contributed by atoms with van der Waals surface area (Å²) in [5.41, 5.74) is -0.669. The Hall–Kier alpha value is -0.380. The van der Waals surface area contributed by atoms with Crippen LogP contribution in [0.3, 0.4) is 0 Å². The van der Waals surface area contributed by atoms with E-state index < -0.39 is 5.60 Å². The molecule has 2 nitrogen and oxygen atoms in total. The molecule has 0 fully saturated rings. The normalized spacial score (nSPS) is 15.9. The summed E-state index contributed by atoms with van der Waals surface area (Å²) in [5.74, 6) is 0. The van der Waals surface area contributed by atoms with Gasteiger partial charge in [-0.05, 0) is 38.4 Å². The Kier molecular flexibility index (Phi) is 3.26. The summed E-state index contributed by atoms with van der Waals surface area (Å²) >= 11 is 1.60. The molecule has 0 bridgehead atoms. The Bertz CT molecular complexity index is 218. The van der Waals surface area contributed by atoms with Crippen LogP contribution in [0.2, 0.25) is 0 Å². The van der Waals surface area contributed by atoms with Crippen LogP contribution in [-0.2, 0) is 5.60 Å². The van der Waals surface area contributed by atoms with Crippen LogP contribution in [0.1, 0.15) is 18.2 Å². The van der Waals surface area contributed by atoms with Crippen LogP contribution in [0.15, 0.2) is 17.5 Å². The Morgan fingerprint density at radius 3 is 2.92 bits per heavy atom. The van der Waals surface area contributed by atoms with Crippen molar-refractivity contribution in [2.24, 2.45) is 0 Å². The fourth-order valence-electron chi connectivity index (χ4n) is 1.08. The van der Waals surface area contributed by atoms with E-state index in [9.17, 15) is 5.11 Å². The number of hydrogen-bond acceptors (Lipinski definition) is 3. The molecule has 0 aliphatic heterocycles. The summed E-state index contributed by atoms with van der Waals surface area (Å²) in [7, 11) is 1.89. The van der Waals surface area contributed by atoms with E-state index in [4.69, 9.17) is 0 Å². The molecule has 0 aliphatic carbocycles.